The van der Waals surface area contributed by atoms with Gasteiger partial charge in [0.25, 0.3) is 5.91 Å². The molecule has 0 bridgehead atoms. The van der Waals surface area contributed by atoms with E-state index in [0.717, 1.165) is 28.8 Å². The van der Waals surface area contributed by atoms with Crippen LogP contribution in [0.4, 0.5) is 10.5 Å². The summed E-state index contributed by atoms with van der Waals surface area (Å²) in [6.45, 7) is 8.81. The summed E-state index contributed by atoms with van der Waals surface area (Å²) in [6.07, 6.45) is -0.266. The molecule has 1 aliphatic rings. The van der Waals surface area contributed by atoms with Crippen LogP contribution in [-0.4, -0.2) is 55.7 Å². The van der Waals surface area contributed by atoms with E-state index in [1.54, 1.807) is 11.8 Å². The van der Waals surface area contributed by atoms with Crippen LogP contribution in [0.2, 0.25) is 0 Å². The first kappa shape index (κ1) is 18.7. The van der Waals surface area contributed by atoms with Gasteiger partial charge in [0.15, 0.2) is 6.04 Å². The van der Waals surface area contributed by atoms with E-state index < -0.39 is 0 Å². The molecule has 0 saturated carbocycles. The molecule has 24 heavy (non-hydrogen) atoms. The lowest BCUT2D eigenvalue weighted by atomic mass is 10.2. The fourth-order valence-electron chi connectivity index (χ4n) is 2.77. The number of halogens is 1. The summed E-state index contributed by atoms with van der Waals surface area (Å²) in [5.74, 6) is -0.0147. The highest BCUT2D eigenvalue weighted by molar-refractivity contribution is 9.10. The van der Waals surface area contributed by atoms with Gasteiger partial charge in [-0.05, 0) is 54.4 Å². The van der Waals surface area contributed by atoms with E-state index in [4.69, 9.17) is 4.74 Å². The number of nitrogens with one attached hydrogen (secondary N) is 2. The summed E-state index contributed by atoms with van der Waals surface area (Å²) in [5.41, 5.74) is 1.91. The fourth-order valence-corrected chi connectivity index (χ4v) is 3.36. The van der Waals surface area contributed by atoms with Gasteiger partial charge in [-0.3, -0.25) is 9.69 Å². The average molecular weight is 399 g/mol. The molecule has 0 aromatic heterocycles. The third kappa shape index (κ3) is 4.70. The average Bonchev–Trinajstić information content (AvgIpc) is 2.57. The third-order valence-corrected chi connectivity index (χ3v) is 4.98. The first-order valence-electron chi connectivity index (χ1n) is 8.25. The second-order valence-electron chi connectivity index (χ2n) is 6.04. The first-order valence-corrected chi connectivity index (χ1v) is 9.05. The van der Waals surface area contributed by atoms with Crippen molar-refractivity contribution >= 4 is 33.6 Å². The van der Waals surface area contributed by atoms with Gasteiger partial charge in [-0.15, -0.1) is 0 Å². The van der Waals surface area contributed by atoms with E-state index in [-0.39, 0.29) is 18.0 Å². The van der Waals surface area contributed by atoms with Crippen molar-refractivity contribution in [3.05, 3.63) is 28.2 Å². The van der Waals surface area contributed by atoms with Gasteiger partial charge in [-0.2, -0.15) is 0 Å². The second kappa shape index (κ2) is 8.48. The highest BCUT2D eigenvalue weighted by atomic mass is 79.9. The molecule has 1 heterocycles. The Labute approximate surface area is 151 Å². The number of hydrogen-bond donors (Lipinski definition) is 2. The van der Waals surface area contributed by atoms with Crippen LogP contribution >= 0.6 is 15.9 Å². The van der Waals surface area contributed by atoms with Crippen LogP contribution in [0, 0.1) is 6.92 Å². The van der Waals surface area contributed by atoms with E-state index in [1.165, 1.54) is 4.90 Å². The van der Waals surface area contributed by atoms with Gasteiger partial charge in [0.2, 0.25) is 0 Å². The second-order valence-corrected chi connectivity index (χ2v) is 6.89. The molecule has 0 unspecified atom stereocenters. The quantitative estimate of drug-likeness (QED) is 0.806. The molecular weight excluding hydrogens is 374 g/mol. The Morgan fingerprint density at radius 3 is 2.62 bits per heavy atom. The van der Waals surface area contributed by atoms with Crippen molar-refractivity contribution in [2.24, 2.45) is 0 Å². The summed E-state index contributed by atoms with van der Waals surface area (Å²) in [7, 11) is 0. The SMILES string of the molecule is CCOC(=O)N1CC[NH+]([C@@H](C)C(=O)Nc2ccc(C)cc2Br)CC1. The van der Waals surface area contributed by atoms with Crippen molar-refractivity contribution in [3.8, 4) is 0 Å². The number of ether oxygens (including phenoxy) is 1. The number of aryl methyl sites for hydroxylation is 1. The summed E-state index contributed by atoms with van der Waals surface area (Å²) in [6, 6.07) is 5.67. The lowest BCUT2D eigenvalue weighted by molar-refractivity contribution is -0.917. The molecule has 0 aliphatic carbocycles. The number of quaternary nitrogens is 1. The molecule has 2 amide bonds. The molecule has 7 heteroatoms. The normalized spacial score (nSPS) is 16.6. The Balaban J connectivity index is 1.89. The highest BCUT2D eigenvalue weighted by Gasteiger charge is 2.31. The summed E-state index contributed by atoms with van der Waals surface area (Å²) in [4.78, 5) is 27.1. The molecule has 2 N–H and O–H groups in total. The minimum atomic E-state index is -0.266. The zero-order chi connectivity index (χ0) is 17.7. The molecule has 0 radical (unpaired) electrons. The topological polar surface area (TPSA) is 63.1 Å². The van der Waals surface area contributed by atoms with Crippen LogP contribution in [0.5, 0.6) is 0 Å². The van der Waals surface area contributed by atoms with Crippen molar-refractivity contribution in [3.63, 3.8) is 0 Å². The Bertz CT molecular complexity index is 601. The van der Waals surface area contributed by atoms with E-state index in [0.29, 0.717) is 19.7 Å². The monoisotopic (exact) mass is 398 g/mol. The zero-order valence-electron chi connectivity index (χ0n) is 14.4. The van der Waals surface area contributed by atoms with Crippen LogP contribution in [0.1, 0.15) is 19.4 Å². The lowest BCUT2D eigenvalue weighted by Crippen LogP contribution is -3.19. The zero-order valence-corrected chi connectivity index (χ0v) is 16.0. The molecule has 6 nitrogen and oxygen atoms in total. The number of nitrogens with zero attached hydrogens (tertiary/aromatic N) is 1. The molecule has 2 rings (SSSR count). The number of carbonyl (C=O) groups excluding carboxylic acids is 2. The van der Waals surface area contributed by atoms with E-state index in [9.17, 15) is 9.59 Å². The molecule has 1 aromatic carbocycles. The van der Waals surface area contributed by atoms with Crippen LogP contribution < -0.4 is 10.2 Å². The van der Waals surface area contributed by atoms with Gasteiger partial charge in [0, 0.05) is 4.47 Å². The van der Waals surface area contributed by atoms with Crippen LogP contribution in [0.15, 0.2) is 22.7 Å². The Morgan fingerprint density at radius 2 is 2.04 bits per heavy atom. The Hall–Kier alpha value is -1.60. The number of anilines is 1. The van der Waals surface area contributed by atoms with Gasteiger partial charge < -0.3 is 15.0 Å². The number of amides is 2. The standard InChI is InChI=1S/C17H24BrN3O3/c1-4-24-17(23)21-9-7-20(8-10-21)13(3)16(22)19-15-6-5-12(2)11-14(15)18/h5-6,11,13H,4,7-10H2,1-3H3,(H,19,22)/p+1/t13-/m0/s1. The molecule has 1 saturated heterocycles. The van der Waals surface area contributed by atoms with Crippen molar-refractivity contribution in [1.29, 1.82) is 0 Å². The Morgan fingerprint density at radius 1 is 1.38 bits per heavy atom. The van der Waals surface area contributed by atoms with Crippen molar-refractivity contribution in [2.45, 2.75) is 26.8 Å². The first-order chi connectivity index (χ1) is 11.4. The van der Waals surface area contributed by atoms with Crippen molar-refractivity contribution < 1.29 is 19.2 Å². The number of hydrogen-bond acceptors (Lipinski definition) is 3. The molecule has 1 fully saturated rings. The molecule has 0 spiro atoms. The van der Waals surface area contributed by atoms with Gasteiger partial charge in [-0.25, -0.2) is 4.79 Å². The molecule has 1 atom stereocenters. The highest BCUT2D eigenvalue weighted by Crippen LogP contribution is 2.23. The largest absolute Gasteiger partial charge is 0.450 e. The minimum Gasteiger partial charge on any atom is -0.450 e. The molecule has 1 aromatic rings. The predicted molar refractivity (Wildman–Crippen MR) is 96.3 cm³/mol. The van der Waals surface area contributed by atoms with Gasteiger partial charge in [0.05, 0.1) is 38.5 Å². The number of piperazine rings is 1. The third-order valence-electron chi connectivity index (χ3n) is 4.32. The maximum atomic E-state index is 12.5. The van der Waals surface area contributed by atoms with Crippen LogP contribution in [0.25, 0.3) is 0 Å². The van der Waals surface area contributed by atoms with Gasteiger partial charge >= 0.3 is 6.09 Å². The van der Waals surface area contributed by atoms with Gasteiger partial charge in [0.1, 0.15) is 0 Å². The smallest absolute Gasteiger partial charge is 0.410 e. The van der Waals surface area contributed by atoms with Gasteiger partial charge in [-0.1, -0.05) is 6.07 Å². The molecule has 132 valence electrons. The predicted octanol–water partition coefficient (Wildman–Crippen LogP) is 1.44. The summed E-state index contributed by atoms with van der Waals surface area (Å²) < 4.78 is 5.90. The summed E-state index contributed by atoms with van der Waals surface area (Å²) in [5, 5.41) is 2.98. The van der Waals surface area contributed by atoms with Crippen molar-refractivity contribution in [2.75, 3.05) is 38.1 Å². The number of carbonyl (C=O) groups is 2. The maximum absolute atomic E-state index is 12.5. The van der Waals surface area contributed by atoms with E-state index >= 15 is 0 Å². The number of benzene rings is 1. The fraction of sp³-hybridized carbons (Fsp3) is 0.529. The minimum absolute atomic E-state index is 0.0147. The van der Waals surface area contributed by atoms with Crippen LogP contribution in [-0.2, 0) is 9.53 Å². The lowest BCUT2D eigenvalue weighted by Gasteiger charge is -2.34. The van der Waals surface area contributed by atoms with E-state index in [1.807, 2.05) is 32.0 Å². The van der Waals surface area contributed by atoms with E-state index in [2.05, 4.69) is 21.2 Å². The number of rotatable bonds is 4. The van der Waals surface area contributed by atoms with Crippen molar-refractivity contribution in [1.82, 2.24) is 4.90 Å². The van der Waals surface area contributed by atoms with Crippen LogP contribution in [0.3, 0.4) is 0 Å². The Kier molecular flexibility index (Phi) is 6.62. The summed E-state index contributed by atoms with van der Waals surface area (Å²) >= 11 is 3.48. The molecule has 1 aliphatic heterocycles. The maximum Gasteiger partial charge on any atom is 0.410 e. The molecular formula is C17H25BrN3O3+.